The number of rotatable bonds is 8. The number of aromatic nitrogens is 3. The van der Waals surface area contributed by atoms with Gasteiger partial charge >= 0.3 is 6.03 Å². The molecule has 2 bridgehead atoms. The van der Waals surface area contributed by atoms with E-state index in [0.717, 1.165) is 48.3 Å². The van der Waals surface area contributed by atoms with Crippen LogP contribution >= 0.6 is 0 Å². The zero-order chi connectivity index (χ0) is 28.6. The number of nitrogens with zero attached hydrogens (tertiary/aromatic N) is 4. The van der Waals surface area contributed by atoms with E-state index in [1.807, 2.05) is 48.5 Å². The van der Waals surface area contributed by atoms with E-state index < -0.39 is 0 Å². The largest absolute Gasteiger partial charge is 0.492 e. The molecule has 2 saturated heterocycles. The topological polar surface area (TPSA) is 103 Å². The molecule has 4 heterocycles. The first kappa shape index (κ1) is 27.0. The van der Waals surface area contributed by atoms with E-state index in [0.29, 0.717) is 41.8 Å². The molecule has 0 saturated carbocycles. The van der Waals surface area contributed by atoms with Crippen LogP contribution in [0.25, 0.3) is 16.5 Å². The van der Waals surface area contributed by atoms with E-state index in [-0.39, 0.29) is 11.4 Å². The van der Waals surface area contributed by atoms with E-state index in [9.17, 15) is 4.79 Å². The average molecular weight is 557 g/mol. The number of carbonyl (C=O) groups excluding carboxylic acids is 1. The minimum absolute atomic E-state index is 0.216. The van der Waals surface area contributed by atoms with Crippen molar-refractivity contribution in [2.24, 2.45) is 0 Å². The molecule has 10 heteroatoms. The monoisotopic (exact) mass is 556 g/mol. The number of amides is 2. The molecule has 2 aromatic heterocycles. The summed E-state index contributed by atoms with van der Waals surface area (Å²) < 4.78 is 18.8. The maximum absolute atomic E-state index is 13.3. The molecule has 0 spiro atoms. The number of benzene rings is 2. The first-order chi connectivity index (χ1) is 19.8. The summed E-state index contributed by atoms with van der Waals surface area (Å²) in [5.74, 6) is 1.83. The van der Waals surface area contributed by atoms with Crippen molar-refractivity contribution in [3.8, 4) is 17.3 Å². The molecule has 2 aliphatic heterocycles. The van der Waals surface area contributed by atoms with Gasteiger partial charge in [-0.1, -0.05) is 45.0 Å². The van der Waals surface area contributed by atoms with Crippen LogP contribution in [0.15, 0.2) is 60.8 Å². The quantitative estimate of drug-likeness (QED) is 0.307. The van der Waals surface area contributed by atoms with Crippen LogP contribution in [0.1, 0.15) is 32.9 Å². The summed E-state index contributed by atoms with van der Waals surface area (Å²) in [5.41, 5.74) is 2.02. The fourth-order valence-corrected chi connectivity index (χ4v) is 5.45. The average Bonchev–Trinajstić information content (AvgIpc) is 3.70. The Kier molecular flexibility index (Phi) is 7.27. The Labute approximate surface area is 239 Å². The minimum atomic E-state index is -0.377. The van der Waals surface area contributed by atoms with Crippen LogP contribution in [-0.4, -0.2) is 71.3 Å². The van der Waals surface area contributed by atoms with Gasteiger partial charge in [0.2, 0.25) is 5.88 Å². The number of morpholine rings is 1. The third-order valence-electron chi connectivity index (χ3n) is 7.68. The Bertz CT molecular complexity index is 1540. The number of nitrogens with one attached hydrogen (secondary N) is 2. The van der Waals surface area contributed by atoms with Gasteiger partial charge in [-0.2, -0.15) is 5.10 Å². The van der Waals surface area contributed by atoms with E-state index in [4.69, 9.17) is 19.3 Å². The summed E-state index contributed by atoms with van der Waals surface area (Å²) in [4.78, 5) is 20.0. The zero-order valence-electron chi connectivity index (χ0n) is 23.9. The Hall–Kier alpha value is -4.15. The molecule has 2 amide bonds. The van der Waals surface area contributed by atoms with E-state index in [1.165, 1.54) is 0 Å². The van der Waals surface area contributed by atoms with E-state index >= 15 is 0 Å². The molecule has 214 valence electrons. The van der Waals surface area contributed by atoms with Gasteiger partial charge in [-0.3, -0.25) is 10.2 Å². The van der Waals surface area contributed by atoms with Gasteiger partial charge in [0.05, 0.1) is 43.1 Å². The minimum Gasteiger partial charge on any atom is -0.492 e. The second kappa shape index (κ2) is 11.0. The van der Waals surface area contributed by atoms with Gasteiger partial charge in [0, 0.05) is 47.5 Å². The lowest BCUT2D eigenvalue weighted by Gasteiger charge is -2.26. The number of methoxy groups -OCH3 is 1. The fraction of sp³-hybridized carbons (Fsp3) is 0.387. The fourth-order valence-electron chi connectivity index (χ4n) is 5.45. The molecule has 0 radical (unpaired) electrons. The SMILES string of the molecule is COc1ccc(-n2nc(C(C)(C)C)cc2NC(=O)Nc2ccc(OCCN3CC4CC3CO4)c3ccccc23)cn1. The first-order valence-corrected chi connectivity index (χ1v) is 14.0. The van der Waals surface area contributed by atoms with Crippen molar-refractivity contribution in [3.63, 3.8) is 0 Å². The lowest BCUT2D eigenvalue weighted by Crippen LogP contribution is -2.39. The molecular formula is C31H36N6O4. The molecule has 0 aliphatic carbocycles. The number of anilines is 2. The number of hydrogen-bond donors (Lipinski definition) is 2. The Morgan fingerprint density at radius 3 is 2.61 bits per heavy atom. The predicted octanol–water partition coefficient (Wildman–Crippen LogP) is 5.22. The second-order valence-electron chi connectivity index (χ2n) is 11.6. The molecule has 2 unspecified atom stereocenters. The third kappa shape index (κ3) is 5.71. The van der Waals surface area contributed by atoms with Crippen LogP contribution in [0.3, 0.4) is 0 Å². The Morgan fingerprint density at radius 2 is 1.93 bits per heavy atom. The van der Waals surface area contributed by atoms with Gasteiger partial charge in [0.25, 0.3) is 0 Å². The van der Waals surface area contributed by atoms with Crippen molar-refractivity contribution >= 4 is 28.3 Å². The van der Waals surface area contributed by atoms with Gasteiger partial charge in [-0.15, -0.1) is 0 Å². The Balaban J connectivity index is 1.18. The number of carbonyl (C=O) groups is 1. The van der Waals surface area contributed by atoms with Crippen LogP contribution in [0.5, 0.6) is 11.6 Å². The molecule has 2 atom stereocenters. The van der Waals surface area contributed by atoms with Crippen molar-refractivity contribution in [2.75, 3.05) is 44.0 Å². The van der Waals surface area contributed by atoms with Crippen molar-refractivity contribution in [2.45, 2.75) is 44.8 Å². The first-order valence-electron chi connectivity index (χ1n) is 14.0. The second-order valence-corrected chi connectivity index (χ2v) is 11.6. The summed E-state index contributed by atoms with van der Waals surface area (Å²) in [6.45, 7) is 9.51. The number of fused-ring (bicyclic) bond motifs is 3. The van der Waals surface area contributed by atoms with Gasteiger partial charge in [-0.25, -0.2) is 14.5 Å². The van der Waals surface area contributed by atoms with Crippen LogP contribution in [0.4, 0.5) is 16.3 Å². The highest BCUT2D eigenvalue weighted by Crippen LogP contribution is 2.33. The molecule has 2 aromatic carbocycles. The molecule has 4 aromatic rings. The highest BCUT2D eigenvalue weighted by molar-refractivity contribution is 6.07. The number of hydrogen-bond acceptors (Lipinski definition) is 7. The number of pyridine rings is 1. The highest BCUT2D eigenvalue weighted by atomic mass is 16.5. The molecule has 2 fully saturated rings. The van der Waals surface area contributed by atoms with Crippen molar-refractivity contribution in [1.29, 1.82) is 0 Å². The maximum atomic E-state index is 13.3. The molecule has 2 aliphatic rings. The Morgan fingerprint density at radius 1 is 1.10 bits per heavy atom. The standard InChI is InChI=1S/C31H36N6O4/c1-31(2,3)27-16-28(37(35-27)20-9-12-29(39-4)32-17-20)34-30(38)33-25-10-11-26(24-8-6-5-7-23(24)25)40-14-13-36-18-22-15-21(36)19-41-22/h5-12,16-17,21-22H,13-15,18-19H2,1-4H3,(H2,33,34,38). The van der Waals surface area contributed by atoms with Crippen LogP contribution in [0.2, 0.25) is 0 Å². The zero-order valence-corrected chi connectivity index (χ0v) is 23.9. The molecule has 6 rings (SSSR count). The normalized spacial score (nSPS) is 18.5. The van der Waals surface area contributed by atoms with Gasteiger partial charge in [0.1, 0.15) is 18.2 Å². The van der Waals surface area contributed by atoms with E-state index in [2.05, 4.69) is 41.3 Å². The van der Waals surface area contributed by atoms with Crippen LogP contribution in [0, 0.1) is 0 Å². The third-order valence-corrected chi connectivity index (χ3v) is 7.68. The van der Waals surface area contributed by atoms with E-state index in [1.54, 1.807) is 24.1 Å². The summed E-state index contributed by atoms with van der Waals surface area (Å²) in [7, 11) is 1.57. The number of ether oxygens (including phenoxy) is 3. The summed E-state index contributed by atoms with van der Waals surface area (Å²) in [6, 6.07) is 17.4. The van der Waals surface area contributed by atoms with Crippen molar-refractivity contribution in [3.05, 3.63) is 66.5 Å². The van der Waals surface area contributed by atoms with Gasteiger partial charge in [-0.05, 0) is 24.6 Å². The summed E-state index contributed by atoms with van der Waals surface area (Å²) in [5, 5.41) is 12.6. The van der Waals surface area contributed by atoms with Crippen LogP contribution in [-0.2, 0) is 10.2 Å². The molecule has 41 heavy (non-hydrogen) atoms. The predicted molar refractivity (Wildman–Crippen MR) is 158 cm³/mol. The number of urea groups is 1. The molecular weight excluding hydrogens is 520 g/mol. The molecule has 2 N–H and O–H groups in total. The highest BCUT2D eigenvalue weighted by Gasteiger charge is 2.38. The lowest BCUT2D eigenvalue weighted by molar-refractivity contribution is 0.0258. The van der Waals surface area contributed by atoms with Crippen molar-refractivity contribution < 1.29 is 19.0 Å². The van der Waals surface area contributed by atoms with Gasteiger partial charge in [0.15, 0.2) is 0 Å². The smallest absolute Gasteiger partial charge is 0.324 e. The molecule has 10 nitrogen and oxygen atoms in total. The lowest BCUT2D eigenvalue weighted by atomic mass is 9.92. The van der Waals surface area contributed by atoms with Gasteiger partial charge < -0.3 is 19.5 Å². The van der Waals surface area contributed by atoms with Crippen LogP contribution < -0.4 is 20.1 Å². The summed E-state index contributed by atoms with van der Waals surface area (Å²) in [6.07, 6.45) is 3.17. The number of likely N-dealkylation sites (tertiary alicyclic amines) is 1. The maximum Gasteiger partial charge on any atom is 0.324 e. The summed E-state index contributed by atoms with van der Waals surface area (Å²) >= 11 is 0. The van der Waals surface area contributed by atoms with Crippen molar-refractivity contribution in [1.82, 2.24) is 19.7 Å².